The van der Waals surface area contributed by atoms with Crippen molar-refractivity contribution in [2.24, 2.45) is 0 Å². The van der Waals surface area contributed by atoms with Crippen LogP contribution in [-0.4, -0.2) is 41.3 Å². The SMILES string of the molecule is Nc1nc(N2CCN(c3ccccc3O)CC2)nc2c1CCCC2. The number of hydrogen-bond donors (Lipinski definition) is 2. The van der Waals surface area contributed by atoms with Crippen LogP contribution in [0.1, 0.15) is 24.1 Å². The summed E-state index contributed by atoms with van der Waals surface area (Å²) in [5, 5.41) is 10.0. The molecule has 3 N–H and O–H groups in total. The van der Waals surface area contributed by atoms with Gasteiger partial charge in [-0.2, -0.15) is 4.98 Å². The van der Waals surface area contributed by atoms with Crippen LogP contribution in [0.2, 0.25) is 0 Å². The Morgan fingerprint density at radius 1 is 0.917 bits per heavy atom. The predicted molar refractivity (Wildman–Crippen MR) is 95.6 cm³/mol. The van der Waals surface area contributed by atoms with Crippen molar-refractivity contribution in [3.63, 3.8) is 0 Å². The third-order valence-electron chi connectivity index (χ3n) is 4.99. The Labute approximate surface area is 141 Å². The van der Waals surface area contributed by atoms with E-state index in [1.807, 2.05) is 18.2 Å². The zero-order valence-corrected chi connectivity index (χ0v) is 13.8. The summed E-state index contributed by atoms with van der Waals surface area (Å²) in [6, 6.07) is 7.49. The molecule has 0 bridgehead atoms. The Morgan fingerprint density at radius 2 is 1.62 bits per heavy atom. The number of piperazine rings is 1. The summed E-state index contributed by atoms with van der Waals surface area (Å²) in [6.07, 6.45) is 4.37. The van der Waals surface area contributed by atoms with Gasteiger partial charge in [0.05, 0.1) is 11.4 Å². The number of nitrogens with two attached hydrogens (primary N) is 1. The fourth-order valence-corrected chi connectivity index (χ4v) is 3.63. The molecular weight excluding hydrogens is 302 g/mol. The van der Waals surface area contributed by atoms with E-state index in [0.717, 1.165) is 61.9 Å². The van der Waals surface area contributed by atoms with Crippen LogP contribution in [0.25, 0.3) is 0 Å². The Morgan fingerprint density at radius 3 is 2.42 bits per heavy atom. The first-order chi connectivity index (χ1) is 11.7. The molecule has 2 aromatic rings. The Balaban J connectivity index is 1.50. The Kier molecular flexibility index (Phi) is 3.88. The molecule has 6 heteroatoms. The summed E-state index contributed by atoms with van der Waals surface area (Å²) in [4.78, 5) is 13.7. The number of nitrogens with zero attached hydrogens (tertiary/aromatic N) is 4. The van der Waals surface area contributed by atoms with Crippen molar-refractivity contribution in [2.75, 3.05) is 41.7 Å². The molecule has 0 atom stereocenters. The quantitative estimate of drug-likeness (QED) is 0.879. The van der Waals surface area contributed by atoms with Gasteiger partial charge in [-0.1, -0.05) is 12.1 Å². The minimum Gasteiger partial charge on any atom is -0.506 e. The van der Waals surface area contributed by atoms with Crippen LogP contribution < -0.4 is 15.5 Å². The highest BCUT2D eigenvalue weighted by molar-refractivity contribution is 5.59. The predicted octanol–water partition coefficient (Wildman–Crippen LogP) is 1.97. The maximum Gasteiger partial charge on any atom is 0.227 e. The molecule has 6 nitrogen and oxygen atoms in total. The van der Waals surface area contributed by atoms with Gasteiger partial charge in [-0.25, -0.2) is 4.98 Å². The lowest BCUT2D eigenvalue weighted by Crippen LogP contribution is -2.47. The average molecular weight is 325 g/mol. The molecule has 1 fully saturated rings. The van der Waals surface area contributed by atoms with E-state index in [1.54, 1.807) is 6.07 Å². The monoisotopic (exact) mass is 325 g/mol. The van der Waals surface area contributed by atoms with E-state index in [1.165, 1.54) is 12.8 Å². The molecule has 1 aliphatic carbocycles. The highest BCUT2D eigenvalue weighted by atomic mass is 16.3. The number of aryl methyl sites for hydroxylation is 1. The molecule has 0 unspecified atom stereocenters. The molecule has 0 radical (unpaired) electrons. The van der Waals surface area contributed by atoms with Crippen molar-refractivity contribution in [1.82, 2.24) is 9.97 Å². The number of rotatable bonds is 2. The van der Waals surface area contributed by atoms with Crippen LogP contribution in [0.5, 0.6) is 5.75 Å². The molecule has 4 rings (SSSR count). The van der Waals surface area contributed by atoms with Crippen LogP contribution in [0.15, 0.2) is 24.3 Å². The minimum absolute atomic E-state index is 0.334. The second kappa shape index (κ2) is 6.19. The molecule has 0 saturated carbocycles. The lowest BCUT2D eigenvalue weighted by atomic mass is 9.96. The molecular formula is C18H23N5O. The number of nitrogen functional groups attached to an aromatic ring is 1. The average Bonchev–Trinajstić information content (AvgIpc) is 2.62. The van der Waals surface area contributed by atoms with Crippen molar-refractivity contribution in [1.29, 1.82) is 0 Å². The summed E-state index contributed by atoms with van der Waals surface area (Å²) in [5.74, 6) is 1.74. The van der Waals surface area contributed by atoms with E-state index in [0.29, 0.717) is 11.6 Å². The highest BCUT2D eigenvalue weighted by Crippen LogP contribution is 2.29. The summed E-state index contributed by atoms with van der Waals surface area (Å²) in [6.45, 7) is 3.31. The summed E-state index contributed by atoms with van der Waals surface area (Å²) in [5.41, 5.74) is 9.34. The number of aromatic hydroxyl groups is 1. The van der Waals surface area contributed by atoms with Crippen LogP contribution in [0, 0.1) is 0 Å². The molecule has 1 aromatic heterocycles. The van der Waals surface area contributed by atoms with Crippen molar-refractivity contribution in [2.45, 2.75) is 25.7 Å². The number of hydrogen-bond acceptors (Lipinski definition) is 6. The van der Waals surface area contributed by atoms with Gasteiger partial charge in [0.25, 0.3) is 0 Å². The van der Waals surface area contributed by atoms with Crippen LogP contribution in [0.4, 0.5) is 17.5 Å². The highest BCUT2D eigenvalue weighted by Gasteiger charge is 2.23. The molecule has 2 aliphatic rings. The number of benzene rings is 1. The van der Waals surface area contributed by atoms with E-state index in [-0.39, 0.29) is 0 Å². The molecule has 1 aliphatic heterocycles. The van der Waals surface area contributed by atoms with E-state index >= 15 is 0 Å². The number of fused-ring (bicyclic) bond motifs is 1. The first-order valence-electron chi connectivity index (χ1n) is 8.65. The zero-order chi connectivity index (χ0) is 16.5. The maximum atomic E-state index is 10.0. The number of phenolic OH excluding ortho intramolecular Hbond substituents is 1. The summed E-state index contributed by atoms with van der Waals surface area (Å²) < 4.78 is 0. The molecule has 2 heterocycles. The number of aromatic nitrogens is 2. The molecule has 0 spiro atoms. The van der Waals surface area contributed by atoms with Crippen molar-refractivity contribution < 1.29 is 5.11 Å². The van der Waals surface area contributed by atoms with Gasteiger partial charge >= 0.3 is 0 Å². The number of phenols is 1. The Bertz CT molecular complexity index is 740. The van der Waals surface area contributed by atoms with Crippen LogP contribution in [-0.2, 0) is 12.8 Å². The van der Waals surface area contributed by atoms with Gasteiger partial charge in [-0.15, -0.1) is 0 Å². The van der Waals surface area contributed by atoms with Gasteiger partial charge in [0.15, 0.2) is 0 Å². The Hall–Kier alpha value is -2.50. The second-order valence-corrected chi connectivity index (χ2v) is 6.50. The van der Waals surface area contributed by atoms with E-state index in [4.69, 9.17) is 10.7 Å². The third-order valence-corrected chi connectivity index (χ3v) is 4.99. The fraction of sp³-hybridized carbons (Fsp3) is 0.444. The standard InChI is InChI=1S/C18H23N5O/c19-17-13-5-1-2-6-14(13)20-18(21-17)23-11-9-22(10-12-23)15-7-3-4-8-16(15)24/h3-4,7-8,24H,1-2,5-6,9-12H2,(H2,19,20,21). The third kappa shape index (κ3) is 2.72. The maximum absolute atomic E-state index is 10.0. The van der Waals surface area contributed by atoms with Crippen LogP contribution >= 0.6 is 0 Å². The first-order valence-corrected chi connectivity index (χ1v) is 8.65. The summed E-state index contributed by atoms with van der Waals surface area (Å²) >= 11 is 0. The molecule has 24 heavy (non-hydrogen) atoms. The largest absolute Gasteiger partial charge is 0.506 e. The lowest BCUT2D eigenvalue weighted by Gasteiger charge is -2.36. The van der Waals surface area contributed by atoms with Gasteiger partial charge < -0.3 is 20.6 Å². The molecule has 126 valence electrons. The lowest BCUT2D eigenvalue weighted by molar-refractivity contribution is 0.472. The van der Waals surface area contributed by atoms with E-state index < -0.39 is 0 Å². The van der Waals surface area contributed by atoms with Crippen molar-refractivity contribution in [3.8, 4) is 5.75 Å². The van der Waals surface area contributed by atoms with Crippen LogP contribution in [0.3, 0.4) is 0 Å². The van der Waals surface area contributed by atoms with E-state index in [2.05, 4.69) is 14.8 Å². The number of anilines is 3. The fourth-order valence-electron chi connectivity index (χ4n) is 3.63. The van der Waals surface area contributed by atoms with Crippen molar-refractivity contribution >= 4 is 17.5 Å². The smallest absolute Gasteiger partial charge is 0.227 e. The van der Waals surface area contributed by atoms with Gasteiger partial charge in [-0.3, -0.25) is 0 Å². The van der Waals surface area contributed by atoms with Gasteiger partial charge in [0.2, 0.25) is 5.95 Å². The normalized spacial score (nSPS) is 17.7. The van der Waals surface area contributed by atoms with E-state index in [9.17, 15) is 5.11 Å². The summed E-state index contributed by atoms with van der Waals surface area (Å²) in [7, 11) is 0. The first kappa shape index (κ1) is 15.1. The molecule has 1 saturated heterocycles. The molecule has 0 amide bonds. The molecule has 1 aromatic carbocycles. The van der Waals surface area contributed by atoms with Gasteiger partial charge in [0, 0.05) is 31.7 Å². The van der Waals surface area contributed by atoms with Crippen molar-refractivity contribution in [3.05, 3.63) is 35.5 Å². The topological polar surface area (TPSA) is 78.5 Å². The number of para-hydroxylation sites is 2. The van der Waals surface area contributed by atoms with Gasteiger partial charge in [-0.05, 0) is 37.8 Å². The zero-order valence-electron chi connectivity index (χ0n) is 13.8. The van der Waals surface area contributed by atoms with Gasteiger partial charge in [0.1, 0.15) is 11.6 Å². The second-order valence-electron chi connectivity index (χ2n) is 6.50. The minimum atomic E-state index is 0.334.